The van der Waals surface area contributed by atoms with Gasteiger partial charge in [0.15, 0.2) is 0 Å². The maximum atomic E-state index is 13.0. The molecule has 0 bridgehead atoms. The number of carbonyl (C=O) groups excluding carboxylic acids is 2. The number of halogens is 1. The molecule has 3 aromatic heterocycles. The molecule has 156 valence electrons. The Labute approximate surface area is 183 Å². The van der Waals surface area contributed by atoms with E-state index in [9.17, 15) is 9.59 Å². The highest BCUT2D eigenvalue weighted by Gasteiger charge is 2.45. The predicted molar refractivity (Wildman–Crippen MR) is 115 cm³/mol. The third kappa shape index (κ3) is 3.58. The average Bonchev–Trinajstić information content (AvgIpc) is 3.40. The molecule has 2 fully saturated rings. The number of piperidine rings is 1. The van der Waals surface area contributed by atoms with Gasteiger partial charge in [0.2, 0.25) is 5.91 Å². The Morgan fingerprint density at radius 1 is 1.23 bits per heavy atom. The Morgan fingerprint density at radius 3 is 2.77 bits per heavy atom. The van der Waals surface area contributed by atoms with Crippen LogP contribution in [0.2, 0.25) is 5.02 Å². The van der Waals surface area contributed by atoms with E-state index < -0.39 is 0 Å². The molecule has 0 saturated carbocycles. The zero-order valence-corrected chi connectivity index (χ0v) is 18.2. The molecule has 9 heteroatoms. The first kappa shape index (κ1) is 19.5. The monoisotopic (exact) mass is 443 g/mol. The van der Waals surface area contributed by atoms with Gasteiger partial charge in [-0.25, -0.2) is 9.97 Å². The molecule has 0 radical (unpaired) electrons. The summed E-state index contributed by atoms with van der Waals surface area (Å²) in [6.07, 6.45) is 5.69. The van der Waals surface area contributed by atoms with Crippen molar-refractivity contribution in [2.24, 2.45) is 5.41 Å². The Hall–Kier alpha value is -2.45. The molecule has 2 amide bonds. The lowest BCUT2D eigenvalue weighted by Crippen LogP contribution is -2.44. The molecule has 2 aliphatic heterocycles. The molecule has 5 heterocycles. The molecule has 5 rings (SSSR count). The zero-order chi connectivity index (χ0) is 20.9. The number of hydrogen-bond acceptors (Lipinski definition) is 5. The average molecular weight is 444 g/mol. The topological polar surface area (TPSA) is 70.8 Å². The number of carbonyl (C=O) groups is 2. The number of aromatic nitrogens is 3. The summed E-state index contributed by atoms with van der Waals surface area (Å²) in [5.74, 6) is 0.126. The molecule has 2 aliphatic rings. The van der Waals surface area contributed by atoms with E-state index in [-0.39, 0.29) is 17.2 Å². The normalized spacial score (nSPS) is 18.7. The minimum atomic E-state index is -0.0659. The first-order valence-electron chi connectivity index (χ1n) is 10.0. The van der Waals surface area contributed by atoms with Crippen molar-refractivity contribution in [1.29, 1.82) is 0 Å². The van der Waals surface area contributed by atoms with Gasteiger partial charge < -0.3 is 14.2 Å². The predicted octanol–water partition coefficient (Wildman–Crippen LogP) is 3.41. The zero-order valence-electron chi connectivity index (χ0n) is 16.7. The number of likely N-dealkylation sites (tertiary alicyclic amines) is 2. The Morgan fingerprint density at radius 2 is 2.03 bits per heavy atom. The first-order valence-corrected chi connectivity index (χ1v) is 11.3. The fourth-order valence-corrected chi connectivity index (χ4v) is 5.32. The summed E-state index contributed by atoms with van der Waals surface area (Å²) in [6.45, 7) is 4.59. The highest BCUT2D eigenvalue weighted by Crippen LogP contribution is 2.41. The Kier molecular flexibility index (Phi) is 4.78. The van der Waals surface area contributed by atoms with E-state index in [4.69, 9.17) is 11.6 Å². The van der Waals surface area contributed by atoms with Crippen LogP contribution >= 0.6 is 22.9 Å². The quantitative estimate of drug-likeness (QED) is 0.622. The summed E-state index contributed by atoms with van der Waals surface area (Å²) in [4.78, 5) is 38.3. The van der Waals surface area contributed by atoms with Gasteiger partial charge in [-0.1, -0.05) is 11.6 Å². The van der Waals surface area contributed by atoms with Crippen molar-refractivity contribution in [2.75, 3.05) is 19.6 Å². The smallest absolute Gasteiger partial charge is 0.274 e. The van der Waals surface area contributed by atoms with Crippen LogP contribution in [-0.4, -0.2) is 55.6 Å². The highest BCUT2D eigenvalue weighted by molar-refractivity contribution is 7.09. The maximum Gasteiger partial charge on any atom is 0.274 e. The Bertz CT molecular complexity index is 1130. The van der Waals surface area contributed by atoms with E-state index >= 15 is 0 Å². The second kappa shape index (κ2) is 7.35. The molecule has 3 aromatic rings. The molecule has 0 atom stereocenters. The van der Waals surface area contributed by atoms with Gasteiger partial charge in [-0.05, 0) is 31.9 Å². The number of rotatable bonds is 3. The lowest BCUT2D eigenvalue weighted by Gasteiger charge is -2.38. The third-order valence-electron chi connectivity index (χ3n) is 6.17. The largest absolute Gasteiger partial charge is 0.337 e. The minimum Gasteiger partial charge on any atom is -0.337 e. The van der Waals surface area contributed by atoms with Crippen LogP contribution in [0.5, 0.6) is 0 Å². The van der Waals surface area contributed by atoms with Crippen molar-refractivity contribution in [2.45, 2.75) is 32.7 Å². The summed E-state index contributed by atoms with van der Waals surface area (Å²) < 4.78 is 1.77. The van der Waals surface area contributed by atoms with Crippen molar-refractivity contribution < 1.29 is 9.59 Å². The summed E-state index contributed by atoms with van der Waals surface area (Å²) in [6, 6.07) is 3.56. The molecule has 0 unspecified atom stereocenters. The van der Waals surface area contributed by atoms with Gasteiger partial charge in [-0.15, -0.1) is 11.3 Å². The lowest BCUT2D eigenvalue weighted by atomic mass is 9.77. The van der Waals surface area contributed by atoms with Crippen molar-refractivity contribution in [3.63, 3.8) is 0 Å². The minimum absolute atomic E-state index is 0.0363. The second-order valence-electron chi connectivity index (χ2n) is 8.32. The van der Waals surface area contributed by atoms with Gasteiger partial charge in [0.05, 0.1) is 22.3 Å². The number of fused-ring (bicyclic) bond motifs is 1. The summed E-state index contributed by atoms with van der Waals surface area (Å²) >= 11 is 7.63. The van der Waals surface area contributed by atoms with Crippen molar-refractivity contribution in [1.82, 2.24) is 24.2 Å². The second-order valence-corrected chi connectivity index (χ2v) is 9.81. The molecule has 2 saturated heterocycles. The molecule has 0 aliphatic carbocycles. The third-order valence-corrected chi connectivity index (χ3v) is 7.22. The van der Waals surface area contributed by atoms with E-state index in [2.05, 4.69) is 9.97 Å². The van der Waals surface area contributed by atoms with Crippen LogP contribution in [0.15, 0.2) is 29.9 Å². The molecular weight excluding hydrogens is 422 g/mol. The number of imidazole rings is 1. The summed E-state index contributed by atoms with van der Waals surface area (Å²) in [7, 11) is 0. The van der Waals surface area contributed by atoms with Crippen LogP contribution in [0, 0.1) is 12.3 Å². The number of nitrogens with zero attached hydrogens (tertiary/aromatic N) is 5. The lowest BCUT2D eigenvalue weighted by molar-refractivity contribution is -0.128. The van der Waals surface area contributed by atoms with Crippen LogP contribution in [0.1, 0.15) is 40.5 Å². The van der Waals surface area contributed by atoms with E-state index in [0.717, 1.165) is 30.1 Å². The maximum absolute atomic E-state index is 13.0. The Balaban J connectivity index is 1.24. The number of pyridine rings is 1. The van der Waals surface area contributed by atoms with Crippen LogP contribution in [0.25, 0.3) is 5.65 Å². The molecule has 7 nitrogen and oxygen atoms in total. The van der Waals surface area contributed by atoms with Gasteiger partial charge in [0.1, 0.15) is 11.3 Å². The highest BCUT2D eigenvalue weighted by atomic mass is 35.5. The number of amides is 2. The van der Waals surface area contributed by atoms with Crippen molar-refractivity contribution in [3.05, 3.63) is 51.3 Å². The van der Waals surface area contributed by atoms with Gasteiger partial charge in [-0.2, -0.15) is 0 Å². The summed E-state index contributed by atoms with van der Waals surface area (Å²) in [5.41, 5.74) is 2.05. The number of aryl methyl sites for hydroxylation is 1. The fourth-order valence-electron chi connectivity index (χ4n) is 4.55. The van der Waals surface area contributed by atoms with Gasteiger partial charge in [0, 0.05) is 49.2 Å². The fraction of sp³-hybridized carbons (Fsp3) is 0.429. The van der Waals surface area contributed by atoms with Crippen LogP contribution in [-0.2, 0) is 11.3 Å². The molecular formula is C21H22ClN5O2S. The van der Waals surface area contributed by atoms with E-state index in [0.29, 0.717) is 42.4 Å². The van der Waals surface area contributed by atoms with Crippen LogP contribution in [0.3, 0.4) is 0 Å². The van der Waals surface area contributed by atoms with Crippen LogP contribution in [0.4, 0.5) is 0 Å². The van der Waals surface area contributed by atoms with Gasteiger partial charge >= 0.3 is 0 Å². The SMILES string of the molecule is Cc1nc(CN2CC3(CCN(C(=O)c4cn5cc(Cl)ccc5n4)CC3)CC2=O)cs1. The number of thiazole rings is 1. The van der Waals surface area contributed by atoms with Crippen LogP contribution < -0.4 is 0 Å². The molecule has 1 spiro atoms. The first-order chi connectivity index (χ1) is 14.4. The van der Waals surface area contributed by atoms with E-state index in [1.54, 1.807) is 40.3 Å². The summed E-state index contributed by atoms with van der Waals surface area (Å²) in [5, 5.41) is 3.64. The van der Waals surface area contributed by atoms with Gasteiger partial charge in [-0.3, -0.25) is 9.59 Å². The van der Waals surface area contributed by atoms with E-state index in [1.807, 2.05) is 22.1 Å². The molecule has 0 N–H and O–H groups in total. The van der Waals surface area contributed by atoms with Crippen molar-refractivity contribution >= 4 is 40.4 Å². The van der Waals surface area contributed by atoms with Gasteiger partial charge in [0.25, 0.3) is 5.91 Å². The molecule has 0 aromatic carbocycles. The van der Waals surface area contributed by atoms with E-state index in [1.165, 1.54) is 0 Å². The molecule has 30 heavy (non-hydrogen) atoms. The van der Waals surface area contributed by atoms with Crippen molar-refractivity contribution in [3.8, 4) is 0 Å². The number of hydrogen-bond donors (Lipinski definition) is 0. The standard InChI is InChI=1S/C21H22ClN5O2S/c1-14-23-16(12-30-14)10-27-13-21(8-19(27)28)4-6-25(7-5-21)20(29)17-11-26-9-15(22)2-3-18(26)24-17/h2-3,9,11-12H,4-8,10,13H2,1H3.